The predicted molar refractivity (Wildman–Crippen MR) is 38.8 cm³/mol. The standard InChI is InChI=1S/C7H4ClNO/c1-2-6-7(10)5(8)3-4-9-6/h1,3-4,10H. The number of pyridine rings is 1. The van der Waals surface area contributed by atoms with E-state index >= 15 is 0 Å². The van der Waals surface area contributed by atoms with Crippen LogP contribution in [0.2, 0.25) is 5.02 Å². The van der Waals surface area contributed by atoms with Gasteiger partial charge in [-0.1, -0.05) is 11.6 Å². The van der Waals surface area contributed by atoms with Crippen molar-refractivity contribution >= 4 is 11.6 Å². The lowest BCUT2D eigenvalue weighted by molar-refractivity contribution is 0.471. The highest BCUT2D eigenvalue weighted by molar-refractivity contribution is 6.32. The molecule has 0 spiro atoms. The molecular weight excluding hydrogens is 150 g/mol. The minimum Gasteiger partial charge on any atom is -0.504 e. The highest BCUT2D eigenvalue weighted by Gasteiger charge is 2.01. The van der Waals surface area contributed by atoms with Crippen LogP contribution in [0.5, 0.6) is 5.75 Å². The fraction of sp³-hybridized carbons (Fsp3) is 0. The molecule has 0 radical (unpaired) electrons. The molecule has 1 rings (SSSR count). The second-order valence-electron chi connectivity index (χ2n) is 1.63. The van der Waals surface area contributed by atoms with Gasteiger partial charge in [0, 0.05) is 6.20 Å². The first-order valence-electron chi connectivity index (χ1n) is 2.56. The van der Waals surface area contributed by atoms with Crippen molar-refractivity contribution in [3.05, 3.63) is 23.0 Å². The highest BCUT2D eigenvalue weighted by Crippen LogP contribution is 2.23. The number of terminal acetylenes is 1. The van der Waals surface area contributed by atoms with Crippen molar-refractivity contribution in [1.82, 2.24) is 4.98 Å². The van der Waals surface area contributed by atoms with Crippen molar-refractivity contribution in [2.75, 3.05) is 0 Å². The van der Waals surface area contributed by atoms with Crippen LogP contribution in [0, 0.1) is 12.3 Å². The minimum atomic E-state index is -0.133. The first kappa shape index (κ1) is 6.91. The van der Waals surface area contributed by atoms with Crippen LogP contribution >= 0.6 is 11.6 Å². The zero-order chi connectivity index (χ0) is 7.56. The molecule has 1 heterocycles. The summed E-state index contributed by atoms with van der Waals surface area (Å²) in [7, 11) is 0. The van der Waals surface area contributed by atoms with Gasteiger partial charge in [-0.25, -0.2) is 4.98 Å². The molecule has 1 N–H and O–H groups in total. The molecule has 0 bridgehead atoms. The summed E-state index contributed by atoms with van der Waals surface area (Å²) in [5.41, 5.74) is 0.174. The molecule has 1 aromatic rings. The Balaban J connectivity index is 3.31. The van der Waals surface area contributed by atoms with Crippen molar-refractivity contribution in [1.29, 1.82) is 0 Å². The topological polar surface area (TPSA) is 33.1 Å². The maximum absolute atomic E-state index is 9.06. The van der Waals surface area contributed by atoms with E-state index in [-0.39, 0.29) is 16.5 Å². The van der Waals surface area contributed by atoms with Gasteiger partial charge >= 0.3 is 0 Å². The van der Waals surface area contributed by atoms with Crippen molar-refractivity contribution < 1.29 is 5.11 Å². The van der Waals surface area contributed by atoms with E-state index in [9.17, 15) is 0 Å². The molecular formula is C7H4ClNO. The molecule has 0 aliphatic rings. The second-order valence-corrected chi connectivity index (χ2v) is 2.04. The average molecular weight is 154 g/mol. The van der Waals surface area contributed by atoms with Crippen molar-refractivity contribution in [2.45, 2.75) is 0 Å². The maximum Gasteiger partial charge on any atom is 0.168 e. The Morgan fingerprint density at radius 2 is 2.40 bits per heavy atom. The van der Waals surface area contributed by atoms with E-state index in [2.05, 4.69) is 10.9 Å². The SMILES string of the molecule is C#Cc1nccc(Cl)c1O. The van der Waals surface area contributed by atoms with E-state index in [1.807, 2.05) is 0 Å². The smallest absolute Gasteiger partial charge is 0.168 e. The average Bonchev–Trinajstić information content (AvgIpc) is 1.95. The number of nitrogens with zero attached hydrogens (tertiary/aromatic N) is 1. The summed E-state index contributed by atoms with van der Waals surface area (Å²) in [5.74, 6) is 2.06. The summed E-state index contributed by atoms with van der Waals surface area (Å²) < 4.78 is 0. The van der Waals surface area contributed by atoms with Crippen LogP contribution in [0.15, 0.2) is 12.3 Å². The lowest BCUT2D eigenvalue weighted by atomic mass is 10.3. The Morgan fingerprint density at radius 3 is 2.90 bits per heavy atom. The molecule has 3 heteroatoms. The van der Waals surface area contributed by atoms with Crippen LogP contribution < -0.4 is 0 Å². The molecule has 50 valence electrons. The predicted octanol–water partition coefficient (Wildman–Crippen LogP) is 1.42. The molecule has 0 unspecified atom stereocenters. The zero-order valence-corrected chi connectivity index (χ0v) is 5.76. The maximum atomic E-state index is 9.06. The lowest BCUT2D eigenvalue weighted by Gasteiger charge is -1.95. The van der Waals surface area contributed by atoms with Crippen LogP contribution in [0.3, 0.4) is 0 Å². The highest BCUT2D eigenvalue weighted by atomic mass is 35.5. The number of halogens is 1. The summed E-state index contributed by atoms with van der Waals surface area (Å²) >= 11 is 5.51. The summed E-state index contributed by atoms with van der Waals surface area (Å²) in [6.45, 7) is 0. The van der Waals surface area contributed by atoms with Crippen LogP contribution in [0.1, 0.15) is 5.69 Å². The monoisotopic (exact) mass is 153 g/mol. The quantitative estimate of drug-likeness (QED) is 0.572. The van der Waals surface area contributed by atoms with Gasteiger partial charge in [0.05, 0.1) is 5.02 Å². The Labute approximate surface area is 63.5 Å². The molecule has 0 aliphatic heterocycles. The van der Waals surface area contributed by atoms with Gasteiger partial charge in [-0.2, -0.15) is 0 Å². The van der Waals surface area contributed by atoms with Gasteiger partial charge < -0.3 is 5.11 Å². The molecule has 0 aromatic carbocycles. The first-order chi connectivity index (χ1) is 4.75. The Kier molecular flexibility index (Phi) is 1.79. The van der Waals surface area contributed by atoms with Crippen molar-refractivity contribution in [3.63, 3.8) is 0 Å². The second kappa shape index (κ2) is 2.59. The number of aromatic nitrogens is 1. The first-order valence-corrected chi connectivity index (χ1v) is 2.93. The minimum absolute atomic E-state index is 0.133. The fourth-order valence-electron chi connectivity index (χ4n) is 0.536. The van der Waals surface area contributed by atoms with Gasteiger partial charge in [0.1, 0.15) is 0 Å². The van der Waals surface area contributed by atoms with E-state index < -0.39 is 0 Å². The van der Waals surface area contributed by atoms with Crippen LogP contribution in [0.4, 0.5) is 0 Å². The Hall–Kier alpha value is -1.20. The van der Waals surface area contributed by atoms with Gasteiger partial charge in [0.2, 0.25) is 0 Å². The third-order valence-electron chi connectivity index (χ3n) is 1.01. The third-order valence-corrected chi connectivity index (χ3v) is 1.32. The lowest BCUT2D eigenvalue weighted by Crippen LogP contribution is -1.81. The summed E-state index contributed by atoms with van der Waals surface area (Å²) in [4.78, 5) is 3.69. The molecule has 1 aromatic heterocycles. The van der Waals surface area contributed by atoms with Gasteiger partial charge in [-0.05, 0) is 12.0 Å². The van der Waals surface area contributed by atoms with Gasteiger partial charge in [-0.3, -0.25) is 0 Å². The van der Waals surface area contributed by atoms with E-state index in [4.69, 9.17) is 23.1 Å². The largest absolute Gasteiger partial charge is 0.504 e. The Bertz CT molecular complexity index is 290. The van der Waals surface area contributed by atoms with Crippen LogP contribution in [-0.4, -0.2) is 10.1 Å². The summed E-state index contributed by atoms with van der Waals surface area (Å²) in [6.07, 6.45) is 6.43. The summed E-state index contributed by atoms with van der Waals surface area (Å²) in [5, 5.41) is 9.29. The van der Waals surface area contributed by atoms with Gasteiger partial charge in [0.15, 0.2) is 11.4 Å². The molecule has 0 saturated carbocycles. The van der Waals surface area contributed by atoms with Crippen molar-refractivity contribution in [3.8, 4) is 18.1 Å². The third kappa shape index (κ3) is 1.04. The fourth-order valence-corrected chi connectivity index (χ4v) is 0.682. The van der Waals surface area contributed by atoms with Gasteiger partial charge in [0.25, 0.3) is 0 Å². The molecule has 0 fully saturated rings. The van der Waals surface area contributed by atoms with E-state index in [0.29, 0.717) is 0 Å². The molecule has 2 nitrogen and oxygen atoms in total. The summed E-state index contributed by atoms with van der Waals surface area (Å²) in [6, 6.07) is 1.47. The van der Waals surface area contributed by atoms with E-state index in [0.717, 1.165) is 0 Å². The van der Waals surface area contributed by atoms with Gasteiger partial charge in [-0.15, -0.1) is 6.42 Å². The van der Waals surface area contributed by atoms with E-state index in [1.54, 1.807) is 0 Å². The number of hydrogen-bond acceptors (Lipinski definition) is 2. The molecule has 0 atom stereocenters. The molecule has 0 amide bonds. The normalized spacial score (nSPS) is 8.80. The van der Waals surface area contributed by atoms with Crippen LogP contribution in [0.25, 0.3) is 0 Å². The van der Waals surface area contributed by atoms with Crippen molar-refractivity contribution in [2.24, 2.45) is 0 Å². The zero-order valence-electron chi connectivity index (χ0n) is 5.00. The van der Waals surface area contributed by atoms with E-state index in [1.165, 1.54) is 12.3 Å². The number of rotatable bonds is 0. The Morgan fingerprint density at radius 1 is 1.70 bits per heavy atom. The number of aromatic hydroxyl groups is 1. The number of hydrogen-bond donors (Lipinski definition) is 1. The molecule has 10 heavy (non-hydrogen) atoms. The molecule has 0 saturated heterocycles. The van der Waals surface area contributed by atoms with Crippen LogP contribution in [-0.2, 0) is 0 Å². The molecule has 0 aliphatic carbocycles.